The Balaban J connectivity index is 2.25. The molecule has 1 aliphatic rings. The van der Waals surface area contributed by atoms with Crippen molar-refractivity contribution in [3.05, 3.63) is 0 Å². The Hall–Kier alpha value is -0.770. The highest BCUT2D eigenvalue weighted by molar-refractivity contribution is 5.74. The van der Waals surface area contributed by atoms with Gasteiger partial charge in [0.2, 0.25) is 0 Å². The molecule has 0 saturated carbocycles. The first kappa shape index (κ1) is 12.3. The summed E-state index contributed by atoms with van der Waals surface area (Å²) in [6.45, 7) is 10.3. The van der Waals surface area contributed by atoms with Crippen molar-refractivity contribution in [3.63, 3.8) is 0 Å². The fraction of sp³-hybridized carbons (Fsp3) is 0.909. The SMILES string of the molecule is CC(C)N1CC(NC(=O)N(C)C(C)C)C1. The van der Waals surface area contributed by atoms with Gasteiger partial charge >= 0.3 is 6.03 Å². The van der Waals surface area contributed by atoms with E-state index in [1.54, 1.807) is 4.90 Å². The summed E-state index contributed by atoms with van der Waals surface area (Å²) in [6.07, 6.45) is 0. The largest absolute Gasteiger partial charge is 0.333 e. The van der Waals surface area contributed by atoms with Crippen molar-refractivity contribution in [2.24, 2.45) is 0 Å². The van der Waals surface area contributed by atoms with E-state index in [9.17, 15) is 4.79 Å². The quantitative estimate of drug-likeness (QED) is 0.763. The highest BCUT2D eigenvalue weighted by Crippen LogP contribution is 2.11. The van der Waals surface area contributed by atoms with E-state index in [4.69, 9.17) is 0 Å². The van der Waals surface area contributed by atoms with Crippen LogP contribution in [-0.4, -0.2) is 54.1 Å². The Kier molecular flexibility index (Phi) is 3.97. The average Bonchev–Trinajstić information content (AvgIpc) is 2.07. The van der Waals surface area contributed by atoms with Gasteiger partial charge in [-0.25, -0.2) is 4.79 Å². The fourth-order valence-electron chi connectivity index (χ4n) is 1.54. The summed E-state index contributed by atoms with van der Waals surface area (Å²) >= 11 is 0. The minimum absolute atomic E-state index is 0.0402. The van der Waals surface area contributed by atoms with E-state index in [0.717, 1.165) is 13.1 Å². The second-order valence-corrected chi connectivity index (χ2v) is 4.90. The maximum Gasteiger partial charge on any atom is 0.317 e. The van der Waals surface area contributed by atoms with Gasteiger partial charge in [0, 0.05) is 32.2 Å². The number of rotatable bonds is 3. The maximum atomic E-state index is 11.7. The molecule has 1 fully saturated rings. The summed E-state index contributed by atoms with van der Waals surface area (Å²) in [6, 6.07) is 1.21. The minimum atomic E-state index is 0.0402. The lowest BCUT2D eigenvalue weighted by Crippen LogP contribution is -2.62. The van der Waals surface area contributed by atoms with Crippen molar-refractivity contribution in [2.75, 3.05) is 20.1 Å². The highest BCUT2D eigenvalue weighted by atomic mass is 16.2. The van der Waals surface area contributed by atoms with Crippen LogP contribution in [0.4, 0.5) is 4.79 Å². The number of amides is 2. The molecule has 0 atom stereocenters. The Morgan fingerprint density at radius 2 is 1.87 bits per heavy atom. The molecule has 1 aliphatic heterocycles. The van der Waals surface area contributed by atoms with Crippen molar-refractivity contribution in [3.8, 4) is 0 Å². The number of nitrogens with zero attached hydrogens (tertiary/aromatic N) is 2. The number of hydrogen-bond acceptors (Lipinski definition) is 2. The van der Waals surface area contributed by atoms with Gasteiger partial charge in [0.05, 0.1) is 6.04 Å². The molecule has 0 bridgehead atoms. The Morgan fingerprint density at radius 3 is 2.27 bits per heavy atom. The van der Waals surface area contributed by atoms with Gasteiger partial charge < -0.3 is 10.2 Å². The van der Waals surface area contributed by atoms with E-state index in [-0.39, 0.29) is 12.1 Å². The Bertz CT molecular complexity index is 222. The normalized spacial score (nSPS) is 18.1. The highest BCUT2D eigenvalue weighted by Gasteiger charge is 2.30. The van der Waals surface area contributed by atoms with Crippen LogP contribution in [0.2, 0.25) is 0 Å². The van der Waals surface area contributed by atoms with Crippen LogP contribution in [0.1, 0.15) is 27.7 Å². The van der Waals surface area contributed by atoms with Gasteiger partial charge in [0.1, 0.15) is 0 Å². The van der Waals surface area contributed by atoms with E-state index >= 15 is 0 Å². The standard InChI is InChI=1S/C11H23N3O/c1-8(2)13(5)11(15)12-10-6-14(7-10)9(3)4/h8-10H,6-7H2,1-5H3,(H,12,15). The van der Waals surface area contributed by atoms with Gasteiger partial charge in [-0.3, -0.25) is 4.90 Å². The molecule has 1 heterocycles. The van der Waals surface area contributed by atoms with E-state index in [0.29, 0.717) is 12.1 Å². The number of hydrogen-bond donors (Lipinski definition) is 1. The third-order valence-corrected chi connectivity index (χ3v) is 3.06. The lowest BCUT2D eigenvalue weighted by atomic mass is 10.1. The maximum absolute atomic E-state index is 11.7. The van der Waals surface area contributed by atoms with Crippen molar-refractivity contribution in [1.82, 2.24) is 15.1 Å². The van der Waals surface area contributed by atoms with Gasteiger partial charge in [-0.15, -0.1) is 0 Å². The van der Waals surface area contributed by atoms with Crippen LogP contribution in [0.25, 0.3) is 0 Å². The van der Waals surface area contributed by atoms with E-state index in [1.165, 1.54) is 0 Å². The molecular formula is C11H23N3O. The summed E-state index contributed by atoms with van der Waals surface area (Å²) in [7, 11) is 1.83. The molecule has 0 aliphatic carbocycles. The second-order valence-electron chi connectivity index (χ2n) is 4.90. The summed E-state index contributed by atoms with van der Waals surface area (Å²) < 4.78 is 0. The zero-order chi connectivity index (χ0) is 11.6. The van der Waals surface area contributed by atoms with E-state index in [2.05, 4.69) is 24.1 Å². The number of carbonyl (C=O) groups is 1. The minimum Gasteiger partial charge on any atom is -0.333 e. The predicted octanol–water partition coefficient (Wildman–Crippen LogP) is 1.13. The van der Waals surface area contributed by atoms with Crippen LogP contribution in [0, 0.1) is 0 Å². The molecule has 88 valence electrons. The van der Waals surface area contributed by atoms with Crippen molar-refractivity contribution in [2.45, 2.75) is 45.8 Å². The van der Waals surface area contributed by atoms with Gasteiger partial charge in [0.15, 0.2) is 0 Å². The van der Waals surface area contributed by atoms with Crippen LogP contribution < -0.4 is 5.32 Å². The third kappa shape index (κ3) is 3.09. The zero-order valence-corrected chi connectivity index (χ0v) is 10.4. The molecule has 0 aromatic carbocycles. The molecule has 1 rings (SSSR count). The van der Waals surface area contributed by atoms with Crippen LogP contribution in [0.5, 0.6) is 0 Å². The summed E-state index contributed by atoms with van der Waals surface area (Å²) in [5.41, 5.74) is 0. The molecule has 1 saturated heterocycles. The first-order chi connectivity index (χ1) is 6.91. The van der Waals surface area contributed by atoms with Crippen molar-refractivity contribution < 1.29 is 4.79 Å². The molecule has 4 heteroatoms. The number of nitrogens with one attached hydrogen (secondary N) is 1. The second kappa shape index (κ2) is 4.84. The molecule has 0 spiro atoms. The molecular weight excluding hydrogens is 190 g/mol. The molecule has 2 amide bonds. The molecule has 4 nitrogen and oxygen atoms in total. The summed E-state index contributed by atoms with van der Waals surface area (Å²) in [5, 5.41) is 3.03. The number of likely N-dealkylation sites (tertiary alicyclic amines) is 1. The topological polar surface area (TPSA) is 35.6 Å². The smallest absolute Gasteiger partial charge is 0.317 e. The van der Waals surface area contributed by atoms with Crippen LogP contribution in [0.15, 0.2) is 0 Å². The lowest BCUT2D eigenvalue weighted by Gasteiger charge is -2.42. The van der Waals surface area contributed by atoms with Gasteiger partial charge in [-0.05, 0) is 27.7 Å². The van der Waals surface area contributed by atoms with Gasteiger partial charge in [-0.1, -0.05) is 0 Å². The predicted molar refractivity (Wildman–Crippen MR) is 61.9 cm³/mol. The molecule has 1 N–H and O–H groups in total. The van der Waals surface area contributed by atoms with Crippen LogP contribution >= 0.6 is 0 Å². The number of carbonyl (C=O) groups excluding carboxylic acids is 1. The summed E-state index contributed by atoms with van der Waals surface area (Å²) in [4.78, 5) is 15.7. The van der Waals surface area contributed by atoms with E-state index in [1.807, 2.05) is 20.9 Å². The molecule has 15 heavy (non-hydrogen) atoms. The number of urea groups is 1. The molecule has 0 aromatic rings. The lowest BCUT2D eigenvalue weighted by molar-refractivity contribution is 0.0908. The first-order valence-corrected chi connectivity index (χ1v) is 5.69. The average molecular weight is 213 g/mol. The molecule has 0 unspecified atom stereocenters. The monoisotopic (exact) mass is 213 g/mol. The van der Waals surface area contributed by atoms with Crippen molar-refractivity contribution >= 4 is 6.03 Å². The fourth-order valence-corrected chi connectivity index (χ4v) is 1.54. The first-order valence-electron chi connectivity index (χ1n) is 5.69. The summed E-state index contributed by atoms with van der Waals surface area (Å²) in [5.74, 6) is 0. The van der Waals surface area contributed by atoms with Gasteiger partial charge in [-0.2, -0.15) is 0 Å². The third-order valence-electron chi connectivity index (χ3n) is 3.06. The molecule has 0 aromatic heterocycles. The van der Waals surface area contributed by atoms with Crippen LogP contribution in [0.3, 0.4) is 0 Å². The van der Waals surface area contributed by atoms with Gasteiger partial charge in [0.25, 0.3) is 0 Å². The van der Waals surface area contributed by atoms with Crippen LogP contribution in [-0.2, 0) is 0 Å². The van der Waals surface area contributed by atoms with Crippen molar-refractivity contribution in [1.29, 1.82) is 0 Å². The molecule has 0 radical (unpaired) electrons. The Labute approximate surface area is 92.6 Å². The Morgan fingerprint density at radius 1 is 1.33 bits per heavy atom. The zero-order valence-electron chi connectivity index (χ0n) is 10.4. The van der Waals surface area contributed by atoms with E-state index < -0.39 is 0 Å².